The van der Waals surface area contributed by atoms with Crippen molar-refractivity contribution in [2.45, 2.75) is 51.8 Å². The summed E-state index contributed by atoms with van der Waals surface area (Å²) in [4.78, 5) is 17.0. The Balaban J connectivity index is 1.26. The van der Waals surface area contributed by atoms with E-state index in [9.17, 15) is 4.79 Å². The fraction of sp³-hybridized carbons (Fsp3) is 0.571. The SMILES string of the molecule is CCNC(=NCC1COc2ccccc2O1)NCCCn1nc2n(c1=O)CCCC2. The van der Waals surface area contributed by atoms with E-state index in [-0.39, 0.29) is 11.8 Å². The third kappa shape index (κ3) is 4.77. The van der Waals surface area contributed by atoms with Crippen molar-refractivity contribution in [3.8, 4) is 11.5 Å². The average Bonchev–Trinajstić information content (AvgIpc) is 3.10. The molecule has 1 unspecified atom stereocenters. The predicted molar refractivity (Wildman–Crippen MR) is 114 cm³/mol. The number of nitrogens with one attached hydrogen (secondary N) is 2. The summed E-state index contributed by atoms with van der Waals surface area (Å²) in [6.45, 7) is 5.87. The lowest BCUT2D eigenvalue weighted by Crippen LogP contribution is -2.40. The van der Waals surface area contributed by atoms with E-state index < -0.39 is 0 Å². The number of aryl methyl sites for hydroxylation is 2. The first kappa shape index (κ1) is 20.3. The molecule has 0 radical (unpaired) electrons. The van der Waals surface area contributed by atoms with Gasteiger partial charge in [-0.05, 0) is 38.3 Å². The van der Waals surface area contributed by atoms with Gasteiger partial charge in [-0.15, -0.1) is 0 Å². The maximum atomic E-state index is 12.4. The number of guanidine groups is 1. The van der Waals surface area contributed by atoms with Crippen molar-refractivity contribution in [1.29, 1.82) is 0 Å². The van der Waals surface area contributed by atoms with Gasteiger partial charge < -0.3 is 20.1 Å². The van der Waals surface area contributed by atoms with E-state index >= 15 is 0 Å². The second kappa shape index (κ2) is 9.69. The van der Waals surface area contributed by atoms with Crippen molar-refractivity contribution < 1.29 is 9.47 Å². The van der Waals surface area contributed by atoms with Crippen LogP contribution in [-0.4, -0.2) is 52.7 Å². The number of hydrogen-bond donors (Lipinski definition) is 2. The topological polar surface area (TPSA) is 94.7 Å². The van der Waals surface area contributed by atoms with Gasteiger partial charge in [0.25, 0.3) is 0 Å². The molecule has 0 saturated carbocycles. The highest BCUT2D eigenvalue weighted by Gasteiger charge is 2.20. The van der Waals surface area contributed by atoms with Crippen LogP contribution in [0.5, 0.6) is 11.5 Å². The number of hydrogen-bond acceptors (Lipinski definition) is 5. The van der Waals surface area contributed by atoms with E-state index in [4.69, 9.17) is 9.47 Å². The first-order valence-corrected chi connectivity index (χ1v) is 10.8. The standard InChI is InChI=1S/C21H30N6O3/c1-2-22-20(24-14-16-15-29-17-8-3-4-9-18(17)30-16)23-11-7-13-27-21(28)26-12-6-5-10-19(26)25-27/h3-4,8-9,16H,2,5-7,10-15H2,1H3,(H2,22,23,24). The average molecular weight is 415 g/mol. The maximum absolute atomic E-state index is 12.4. The number of fused-ring (bicyclic) bond motifs is 2. The molecule has 0 aliphatic carbocycles. The van der Waals surface area contributed by atoms with Crippen molar-refractivity contribution >= 4 is 5.96 Å². The van der Waals surface area contributed by atoms with Gasteiger partial charge in [0, 0.05) is 32.6 Å². The summed E-state index contributed by atoms with van der Waals surface area (Å²) in [5.41, 5.74) is 0.0139. The highest BCUT2D eigenvalue weighted by Crippen LogP contribution is 2.30. The van der Waals surface area contributed by atoms with Crippen LogP contribution in [0.1, 0.15) is 32.0 Å². The Hall–Kier alpha value is -2.97. The molecule has 1 aromatic heterocycles. The van der Waals surface area contributed by atoms with E-state index in [1.54, 1.807) is 4.68 Å². The van der Waals surface area contributed by atoms with Gasteiger partial charge in [0.2, 0.25) is 0 Å². The summed E-state index contributed by atoms with van der Waals surface area (Å²) in [5, 5.41) is 11.1. The zero-order valence-corrected chi connectivity index (χ0v) is 17.5. The number of benzene rings is 1. The third-order valence-electron chi connectivity index (χ3n) is 5.24. The maximum Gasteiger partial charge on any atom is 0.345 e. The number of ether oxygens (including phenoxy) is 2. The van der Waals surface area contributed by atoms with Gasteiger partial charge in [-0.25, -0.2) is 14.5 Å². The zero-order valence-electron chi connectivity index (χ0n) is 17.5. The Morgan fingerprint density at radius 3 is 2.97 bits per heavy atom. The number of rotatable bonds is 7. The van der Waals surface area contributed by atoms with E-state index in [0.29, 0.717) is 26.2 Å². The molecule has 4 rings (SSSR count). The Bertz CT molecular complexity index is 935. The highest BCUT2D eigenvalue weighted by atomic mass is 16.6. The normalized spacial score (nSPS) is 18.0. The first-order valence-electron chi connectivity index (χ1n) is 10.8. The number of aliphatic imine (C=N–C) groups is 1. The molecular formula is C21H30N6O3. The Labute approximate surface area is 176 Å². The zero-order chi connectivity index (χ0) is 20.8. The van der Waals surface area contributed by atoms with Gasteiger partial charge in [-0.2, -0.15) is 5.10 Å². The van der Waals surface area contributed by atoms with Crippen molar-refractivity contribution in [2.75, 3.05) is 26.2 Å². The minimum Gasteiger partial charge on any atom is -0.486 e. The second-order valence-electron chi connectivity index (χ2n) is 7.53. The van der Waals surface area contributed by atoms with Gasteiger partial charge in [0.15, 0.2) is 23.6 Å². The van der Waals surface area contributed by atoms with Crippen LogP contribution >= 0.6 is 0 Å². The van der Waals surface area contributed by atoms with Crippen LogP contribution in [0, 0.1) is 0 Å². The van der Waals surface area contributed by atoms with Crippen LogP contribution in [0.25, 0.3) is 0 Å². The molecule has 0 fully saturated rings. The van der Waals surface area contributed by atoms with Crippen molar-refractivity contribution in [3.63, 3.8) is 0 Å². The van der Waals surface area contributed by atoms with Crippen molar-refractivity contribution in [3.05, 3.63) is 40.6 Å². The first-order chi connectivity index (χ1) is 14.7. The molecule has 30 heavy (non-hydrogen) atoms. The van der Waals surface area contributed by atoms with Crippen LogP contribution in [0.2, 0.25) is 0 Å². The van der Waals surface area contributed by atoms with E-state index in [1.165, 1.54) is 0 Å². The summed E-state index contributed by atoms with van der Waals surface area (Å²) < 4.78 is 15.1. The van der Waals surface area contributed by atoms with Crippen LogP contribution < -0.4 is 25.8 Å². The molecule has 0 saturated heterocycles. The lowest BCUT2D eigenvalue weighted by molar-refractivity contribution is 0.0971. The van der Waals surface area contributed by atoms with Crippen molar-refractivity contribution in [2.24, 2.45) is 4.99 Å². The van der Waals surface area contributed by atoms with Gasteiger partial charge in [0.1, 0.15) is 12.4 Å². The summed E-state index contributed by atoms with van der Waals surface area (Å²) in [6, 6.07) is 7.68. The smallest absolute Gasteiger partial charge is 0.345 e. The minimum atomic E-state index is -0.120. The summed E-state index contributed by atoms with van der Waals surface area (Å²) >= 11 is 0. The Morgan fingerprint density at radius 1 is 1.27 bits per heavy atom. The quantitative estimate of drug-likeness (QED) is 0.401. The van der Waals surface area contributed by atoms with Gasteiger partial charge in [0.05, 0.1) is 6.54 Å². The van der Waals surface area contributed by atoms with Crippen LogP contribution in [0.15, 0.2) is 34.1 Å². The molecule has 2 aliphatic heterocycles. The predicted octanol–water partition coefficient (Wildman–Crippen LogP) is 1.17. The molecule has 3 heterocycles. The molecule has 1 atom stereocenters. The molecule has 1 aromatic carbocycles. The molecule has 9 nitrogen and oxygen atoms in total. The second-order valence-corrected chi connectivity index (χ2v) is 7.53. The fourth-order valence-corrected chi connectivity index (χ4v) is 3.72. The molecular weight excluding hydrogens is 384 g/mol. The fourth-order valence-electron chi connectivity index (χ4n) is 3.72. The molecule has 2 N–H and O–H groups in total. The highest BCUT2D eigenvalue weighted by molar-refractivity contribution is 5.79. The molecule has 2 aliphatic rings. The number of para-hydroxylation sites is 2. The van der Waals surface area contributed by atoms with Gasteiger partial charge in [-0.1, -0.05) is 12.1 Å². The monoisotopic (exact) mass is 414 g/mol. The van der Waals surface area contributed by atoms with Gasteiger partial charge >= 0.3 is 5.69 Å². The van der Waals surface area contributed by atoms with Crippen LogP contribution in [0.3, 0.4) is 0 Å². The largest absolute Gasteiger partial charge is 0.486 e. The van der Waals surface area contributed by atoms with E-state index in [0.717, 1.165) is 62.1 Å². The van der Waals surface area contributed by atoms with E-state index in [1.807, 2.05) is 35.8 Å². The lowest BCUT2D eigenvalue weighted by Gasteiger charge is -2.25. The summed E-state index contributed by atoms with van der Waals surface area (Å²) in [7, 11) is 0. The Morgan fingerprint density at radius 2 is 2.13 bits per heavy atom. The summed E-state index contributed by atoms with van der Waals surface area (Å²) in [5.74, 6) is 3.19. The third-order valence-corrected chi connectivity index (χ3v) is 5.24. The minimum absolute atomic E-state index is 0.0139. The molecule has 0 amide bonds. The molecule has 0 bridgehead atoms. The number of nitrogens with zero attached hydrogens (tertiary/aromatic N) is 4. The molecule has 0 spiro atoms. The van der Waals surface area contributed by atoms with Crippen molar-refractivity contribution in [1.82, 2.24) is 25.0 Å². The molecule has 2 aromatic rings. The van der Waals surface area contributed by atoms with Gasteiger partial charge in [-0.3, -0.25) is 4.57 Å². The van der Waals surface area contributed by atoms with E-state index in [2.05, 4.69) is 20.7 Å². The molecule has 162 valence electrons. The number of aromatic nitrogens is 3. The Kier molecular flexibility index (Phi) is 6.56. The van der Waals surface area contributed by atoms with Crippen LogP contribution in [-0.2, 0) is 19.5 Å². The van der Waals surface area contributed by atoms with Crippen LogP contribution in [0.4, 0.5) is 0 Å². The summed E-state index contributed by atoms with van der Waals surface area (Å²) in [6.07, 6.45) is 3.74. The lowest BCUT2D eigenvalue weighted by atomic mass is 10.2. The molecule has 9 heteroatoms.